The van der Waals surface area contributed by atoms with Gasteiger partial charge in [0.15, 0.2) is 0 Å². The number of nitriles is 1. The van der Waals surface area contributed by atoms with E-state index in [-0.39, 0.29) is 11.3 Å². The Balaban J connectivity index is 1.32. The van der Waals surface area contributed by atoms with E-state index >= 15 is 0 Å². The van der Waals surface area contributed by atoms with Crippen LogP contribution in [0.5, 0.6) is 0 Å². The van der Waals surface area contributed by atoms with Crippen molar-refractivity contribution in [3.8, 4) is 6.07 Å². The third-order valence-corrected chi connectivity index (χ3v) is 12.0. The largest absolute Gasteiger partial charge is 0.314 e. The predicted molar refractivity (Wildman–Crippen MR) is 136 cm³/mol. The van der Waals surface area contributed by atoms with Crippen molar-refractivity contribution in [3.05, 3.63) is 11.8 Å². The summed E-state index contributed by atoms with van der Waals surface area (Å²) in [5.41, 5.74) is 5.14. The van der Waals surface area contributed by atoms with Crippen molar-refractivity contribution < 1.29 is 4.79 Å². The molecule has 4 aliphatic carbocycles. The molecule has 1 heterocycles. The lowest BCUT2D eigenvalue weighted by Gasteiger charge is -2.65. The number of carbonyl (C=O) groups is 1. The maximum Gasteiger partial charge on any atom is 0.138 e. The van der Waals surface area contributed by atoms with Crippen molar-refractivity contribution in [2.75, 3.05) is 13.1 Å². The third-order valence-electron chi connectivity index (χ3n) is 12.0. The van der Waals surface area contributed by atoms with E-state index in [2.05, 4.69) is 39.2 Å². The van der Waals surface area contributed by atoms with Gasteiger partial charge in [-0.2, -0.15) is 5.26 Å². The van der Waals surface area contributed by atoms with E-state index in [1.807, 2.05) is 11.2 Å². The van der Waals surface area contributed by atoms with Crippen LogP contribution in [-0.2, 0) is 4.79 Å². The van der Waals surface area contributed by atoms with Crippen molar-refractivity contribution in [1.29, 1.82) is 5.26 Å². The Morgan fingerprint density at radius 3 is 2.68 bits per heavy atom. The zero-order valence-corrected chi connectivity index (χ0v) is 22.2. The molecule has 5 rings (SSSR count). The Kier molecular flexibility index (Phi) is 6.41. The summed E-state index contributed by atoms with van der Waals surface area (Å²) in [6.45, 7) is 11.6. The summed E-state index contributed by atoms with van der Waals surface area (Å²) in [7, 11) is 0. The quantitative estimate of drug-likeness (QED) is 0.506. The van der Waals surface area contributed by atoms with Crippen molar-refractivity contribution in [2.24, 2.45) is 45.8 Å². The van der Waals surface area contributed by atoms with Gasteiger partial charge in [-0.15, -0.1) is 0 Å². The topological polar surface area (TPSA) is 56.1 Å². The first-order valence-electron chi connectivity index (χ1n) is 14.3. The molecule has 4 saturated carbocycles. The van der Waals surface area contributed by atoms with Crippen LogP contribution >= 0.6 is 0 Å². The third kappa shape index (κ3) is 3.85. The average Bonchev–Trinajstić information content (AvgIpc) is 3.22. The Bertz CT molecular complexity index is 875. The van der Waals surface area contributed by atoms with Crippen LogP contribution in [0.4, 0.5) is 0 Å². The Morgan fingerprint density at radius 2 is 1.91 bits per heavy atom. The molecule has 0 spiro atoms. The van der Waals surface area contributed by atoms with E-state index in [4.69, 9.17) is 5.26 Å². The van der Waals surface area contributed by atoms with Gasteiger partial charge < -0.3 is 5.01 Å². The van der Waals surface area contributed by atoms with Crippen molar-refractivity contribution >= 4 is 5.78 Å². The van der Waals surface area contributed by atoms with Gasteiger partial charge in [-0.05, 0) is 91.3 Å². The van der Waals surface area contributed by atoms with Gasteiger partial charge in [-0.25, -0.2) is 5.43 Å². The van der Waals surface area contributed by atoms with E-state index in [1.54, 1.807) is 0 Å². The summed E-state index contributed by atoms with van der Waals surface area (Å²) < 4.78 is 0. The molecule has 4 nitrogen and oxygen atoms in total. The van der Waals surface area contributed by atoms with Gasteiger partial charge in [0.1, 0.15) is 5.78 Å². The van der Waals surface area contributed by atoms with Crippen LogP contribution in [0, 0.1) is 57.2 Å². The van der Waals surface area contributed by atoms with Crippen LogP contribution in [0.15, 0.2) is 11.8 Å². The average molecular weight is 466 g/mol. The van der Waals surface area contributed by atoms with Gasteiger partial charge in [0, 0.05) is 25.1 Å². The van der Waals surface area contributed by atoms with Crippen LogP contribution < -0.4 is 5.43 Å². The fraction of sp³-hybridized carbons (Fsp3) is 0.867. The number of fused-ring (bicyclic) bond motifs is 5. The number of rotatable bonds is 4. The number of hydrazine groups is 1. The standard InChI is InChI=1S/C30H47N3O/c1-21-7-6-13-30(4)25-11-15-29(3)24(23(25)10-14-28(30,2)17-21)8-5-9-26(29)27(34)12-16-33-20-22(18-31)19-32-33/h20-21,23-26,32H,5-17,19H2,1-4H3/t21?,23?,24?,25?,26?,28-,29?,30?/m1/s1. The molecule has 0 aromatic rings. The van der Waals surface area contributed by atoms with Crippen molar-refractivity contribution in [3.63, 3.8) is 0 Å². The minimum atomic E-state index is 0.185. The molecule has 188 valence electrons. The fourth-order valence-electron chi connectivity index (χ4n) is 10.0. The summed E-state index contributed by atoms with van der Waals surface area (Å²) >= 11 is 0. The van der Waals surface area contributed by atoms with Crippen LogP contribution in [-0.4, -0.2) is 23.9 Å². The SMILES string of the molecule is CC1CCCC2(C)C3CCC4(C)C(C(=O)CCN5C=C(C#N)CN5)CCCC4C3CC[C@]2(C)C1. The van der Waals surface area contributed by atoms with Crippen molar-refractivity contribution in [2.45, 2.75) is 105 Å². The number of Topliss-reactive ketones (excluding diaryl/α,β-unsaturated/α-hetero) is 1. The summed E-state index contributed by atoms with van der Waals surface area (Å²) in [4.78, 5) is 13.6. The number of nitrogens with zero attached hydrogens (tertiary/aromatic N) is 2. The molecule has 0 bridgehead atoms. The molecule has 0 aromatic carbocycles. The molecule has 0 saturated heterocycles. The molecule has 34 heavy (non-hydrogen) atoms. The zero-order chi connectivity index (χ0) is 24.1. The highest BCUT2D eigenvalue weighted by atomic mass is 16.1. The highest BCUT2D eigenvalue weighted by Crippen LogP contribution is 2.69. The summed E-state index contributed by atoms with van der Waals surface area (Å²) in [5, 5.41) is 11.1. The highest BCUT2D eigenvalue weighted by molar-refractivity contribution is 5.82. The Hall–Kier alpha value is -1.34. The molecule has 5 aliphatic rings. The smallest absolute Gasteiger partial charge is 0.138 e. The Morgan fingerprint density at radius 1 is 1.09 bits per heavy atom. The zero-order valence-electron chi connectivity index (χ0n) is 22.2. The molecule has 8 atom stereocenters. The number of carbonyl (C=O) groups excluding carboxylic acids is 1. The molecule has 1 aliphatic heterocycles. The second-order valence-electron chi connectivity index (χ2n) is 13.6. The van der Waals surface area contributed by atoms with Crippen molar-refractivity contribution in [1.82, 2.24) is 10.4 Å². The van der Waals surface area contributed by atoms with E-state index in [0.29, 0.717) is 36.1 Å². The molecule has 4 heteroatoms. The van der Waals surface area contributed by atoms with Gasteiger partial charge >= 0.3 is 0 Å². The fourth-order valence-corrected chi connectivity index (χ4v) is 10.0. The number of hydrogen-bond acceptors (Lipinski definition) is 4. The first-order valence-corrected chi connectivity index (χ1v) is 14.3. The molecular formula is C30H47N3O. The van der Waals surface area contributed by atoms with Crippen LogP contribution in [0.1, 0.15) is 105 Å². The van der Waals surface area contributed by atoms with E-state index < -0.39 is 0 Å². The summed E-state index contributed by atoms with van der Waals surface area (Å²) in [6.07, 6.45) is 17.2. The lowest BCUT2D eigenvalue weighted by molar-refractivity contribution is -0.167. The predicted octanol–water partition coefficient (Wildman–Crippen LogP) is 6.64. The van der Waals surface area contributed by atoms with E-state index in [9.17, 15) is 4.79 Å². The first-order chi connectivity index (χ1) is 16.2. The van der Waals surface area contributed by atoms with Gasteiger partial charge in [0.25, 0.3) is 0 Å². The second-order valence-corrected chi connectivity index (χ2v) is 13.6. The van der Waals surface area contributed by atoms with E-state index in [0.717, 1.165) is 35.7 Å². The minimum Gasteiger partial charge on any atom is -0.314 e. The highest BCUT2D eigenvalue weighted by Gasteiger charge is 2.62. The normalized spacial score (nSPS) is 46.4. The number of nitrogens with one attached hydrogen (secondary N) is 1. The van der Waals surface area contributed by atoms with Crippen LogP contribution in [0.25, 0.3) is 0 Å². The lowest BCUT2D eigenvalue weighted by Crippen LogP contribution is -2.58. The summed E-state index contributed by atoms with van der Waals surface area (Å²) in [6, 6.07) is 2.22. The minimum absolute atomic E-state index is 0.185. The number of hydrogen-bond donors (Lipinski definition) is 1. The molecular weight excluding hydrogens is 418 g/mol. The second kappa shape index (κ2) is 8.95. The molecule has 4 fully saturated rings. The van der Waals surface area contributed by atoms with E-state index in [1.165, 1.54) is 64.2 Å². The number of ketones is 1. The maximum absolute atomic E-state index is 13.6. The van der Waals surface area contributed by atoms with Crippen LogP contribution in [0.3, 0.4) is 0 Å². The van der Waals surface area contributed by atoms with Gasteiger partial charge in [-0.3, -0.25) is 4.79 Å². The monoisotopic (exact) mass is 465 g/mol. The van der Waals surface area contributed by atoms with Gasteiger partial charge in [0.2, 0.25) is 0 Å². The molecule has 7 unspecified atom stereocenters. The molecule has 1 N–H and O–H groups in total. The lowest BCUT2D eigenvalue weighted by atomic mass is 9.39. The Labute approximate surface area is 207 Å². The van der Waals surface area contributed by atoms with Crippen LogP contribution in [0.2, 0.25) is 0 Å². The summed E-state index contributed by atoms with van der Waals surface area (Å²) in [5.74, 6) is 3.98. The van der Waals surface area contributed by atoms with Gasteiger partial charge in [0.05, 0.1) is 18.2 Å². The van der Waals surface area contributed by atoms with Gasteiger partial charge in [-0.1, -0.05) is 47.0 Å². The molecule has 0 amide bonds. The molecule has 0 aromatic heterocycles. The molecule has 0 radical (unpaired) electrons. The maximum atomic E-state index is 13.6. The first kappa shape index (κ1) is 24.4.